The topological polar surface area (TPSA) is 110 Å². The van der Waals surface area contributed by atoms with Crippen molar-refractivity contribution >= 4 is 34.0 Å². The fourth-order valence-corrected chi connectivity index (χ4v) is 4.07. The number of nitrogens with zero attached hydrogens (tertiary/aromatic N) is 5. The van der Waals surface area contributed by atoms with Crippen LogP contribution in [0.25, 0.3) is 16.5 Å². The Balaban J connectivity index is 1.50. The highest BCUT2D eigenvalue weighted by Gasteiger charge is 2.20. The molecular weight excluding hydrogens is 428 g/mol. The van der Waals surface area contributed by atoms with Crippen molar-refractivity contribution in [2.24, 2.45) is 5.11 Å². The Labute approximate surface area is 199 Å². The summed E-state index contributed by atoms with van der Waals surface area (Å²) >= 11 is 0. The first-order chi connectivity index (χ1) is 16.5. The Morgan fingerprint density at radius 1 is 1.06 bits per heavy atom. The number of piperazine rings is 1. The minimum Gasteiger partial charge on any atom is -0.392 e. The molecule has 1 aliphatic heterocycles. The van der Waals surface area contributed by atoms with Gasteiger partial charge in [0.15, 0.2) is 0 Å². The monoisotopic (exact) mass is 458 g/mol. The average molecular weight is 459 g/mol. The van der Waals surface area contributed by atoms with Crippen molar-refractivity contribution in [1.29, 1.82) is 5.53 Å². The highest BCUT2D eigenvalue weighted by molar-refractivity contribution is 6.05. The number of benzene rings is 1. The first-order valence-electron chi connectivity index (χ1n) is 11.4. The summed E-state index contributed by atoms with van der Waals surface area (Å²) in [7, 11) is 1.76. The molecule has 1 fully saturated rings. The Morgan fingerprint density at radius 3 is 2.56 bits per heavy atom. The van der Waals surface area contributed by atoms with E-state index >= 15 is 0 Å². The van der Waals surface area contributed by atoms with Crippen LogP contribution in [-0.4, -0.2) is 60.0 Å². The molecule has 1 saturated heterocycles. The van der Waals surface area contributed by atoms with E-state index in [1.54, 1.807) is 31.7 Å². The molecule has 0 spiro atoms. The van der Waals surface area contributed by atoms with E-state index in [-0.39, 0.29) is 5.91 Å². The van der Waals surface area contributed by atoms with E-state index in [1.807, 2.05) is 30.3 Å². The molecule has 3 heterocycles. The van der Waals surface area contributed by atoms with Crippen molar-refractivity contribution in [3.63, 3.8) is 0 Å². The molecule has 0 aliphatic carbocycles. The maximum absolute atomic E-state index is 13.0. The molecule has 34 heavy (non-hydrogen) atoms. The zero-order valence-electron chi connectivity index (χ0n) is 19.7. The van der Waals surface area contributed by atoms with Crippen LogP contribution in [0.2, 0.25) is 0 Å². The largest absolute Gasteiger partial charge is 0.392 e. The number of rotatable bonds is 7. The molecule has 3 aromatic rings. The van der Waals surface area contributed by atoms with Gasteiger partial charge in [-0.1, -0.05) is 12.1 Å². The van der Waals surface area contributed by atoms with Gasteiger partial charge >= 0.3 is 0 Å². The minimum atomic E-state index is -0.232. The second kappa shape index (κ2) is 10.4. The summed E-state index contributed by atoms with van der Waals surface area (Å²) in [4.78, 5) is 26.5. The molecule has 0 bridgehead atoms. The predicted molar refractivity (Wildman–Crippen MR) is 135 cm³/mol. The molecule has 1 amide bonds. The van der Waals surface area contributed by atoms with Crippen molar-refractivity contribution in [1.82, 2.24) is 20.2 Å². The molecule has 176 valence electrons. The summed E-state index contributed by atoms with van der Waals surface area (Å²) in [6.07, 6.45) is 5.07. The van der Waals surface area contributed by atoms with Crippen LogP contribution in [0.15, 0.2) is 60.1 Å². The second-order valence-electron chi connectivity index (χ2n) is 8.54. The normalized spacial score (nSPS) is 14.9. The smallest absolute Gasteiger partial charge is 0.257 e. The van der Waals surface area contributed by atoms with E-state index in [1.165, 1.54) is 0 Å². The standard InChI is InChI=1S/C25H30N8O/c1-17(2)32-8-10-33(11-9-32)24-14-19(6-7-28-24)25(34)30-23-13-21-12-18(22(31-26)16-27-3)4-5-20(21)15-29-23/h4-7,12-17,26-27H,8-11H2,1-3H3,(H,29,30,34)/b22-16-,31-26?. The quantitative estimate of drug-likeness (QED) is 0.462. The summed E-state index contributed by atoms with van der Waals surface area (Å²) < 4.78 is 0. The Hall–Kier alpha value is -3.85. The number of carbonyl (C=O) groups is 1. The van der Waals surface area contributed by atoms with Gasteiger partial charge in [-0.05, 0) is 43.5 Å². The van der Waals surface area contributed by atoms with Crippen LogP contribution < -0.4 is 15.5 Å². The molecule has 1 aliphatic rings. The van der Waals surface area contributed by atoms with Crippen LogP contribution in [0.5, 0.6) is 0 Å². The zero-order chi connectivity index (χ0) is 24.1. The Kier molecular flexibility index (Phi) is 7.12. The molecule has 0 saturated carbocycles. The number of carbonyl (C=O) groups excluding carboxylic acids is 1. The summed E-state index contributed by atoms with van der Waals surface area (Å²) in [5.74, 6) is 1.04. The third-order valence-electron chi connectivity index (χ3n) is 6.04. The number of aromatic nitrogens is 2. The number of anilines is 2. The molecule has 4 rings (SSSR count). The second-order valence-corrected chi connectivity index (χ2v) is 8.54. The fraction of sp³-hybridized carbons (Fsp3) is 0.320. The number of amides is 1. The van der Waals surface area contributed by atoms with Gasteiger partial charge in [-0.3, -0.25) is 9.69 Å². The lowest BCUT2D eigenvalue weighted by atomic mass is 10.1. The number of fused-ring (bicyclic) bond motifs is 1. The maximum atomic E-state index is 13.0. The zero-order valence-corrected chi connectivity index (χ0v) is 19.7. The third kappa shape index (κ3) is 5.20. The van der Waals surface area contributed by atoms with Crippen LogP contribution in [0, 0.1) is 5.53 Å². The lowest BCUT2D eigenvalue weighted by Gasteiger charge is -2.37. The lowest BCUT2D eigenvalue weighted by molar-refractivity contribution is 0.102. The molecule has 9 heteroatoms. The highest BCUT2D eigenvalue weighted by atomic mass is 16.1. The van der Waals surface area contributed by atoms with E-state index in [0.29, 0.717) is 23.1 Å². The van der Waals surface area contributed by atoms with Gasteiger partial charge in [0.2, 0.25) is 0 Å². The molecular formula is C25H30N8O. The van der Waals surface area contributed by atoms with E-state index in [9.17, 15) is 4.79 Å². The number of pyridine rings is 2. The first kappa shape index (κ1) is 23.3. The minimum absolute atomic E-state index is 0.232. The van der Waals surface area contributed by atoms with E-state index in [4.69, 9.17) is 5.53 Å². The molecule has 3 N–H and O–H groups in total. The third-order valence-corrected chi connectivity index (χ3v) is 6.04. The van der Waals surface area contributed by atoms with Crippen LogP contribution in [0.4, 0.5) is 11.6 Å². The SMILES string of the molecule is CN/C=C(\N=N)c1ccc2cnc(NC(=O)c3ccnc(N4CCN(C(C)C)CC4)c3)cc2c1. The first-order valence-corrected chi connectivity index (χ1v) is 11.4. The molecule has 1 aromatic carbocycles. The average Bonchev–Trinajstić information content (AvgIpc) is 2.87. The summed E-state index contributed by atoms with van der Waals surface area (Å²) in [5, 5.41) is 11.2. The van der Waals surface area contributed by atoms with Crippen LogP contribution in [0.3, 0.4) is 0 Å². The Morgan fingerprint density at radius 2 is 1.85 bits per heavy atom. The van der Waals surface area contributed by atoms with Crippen molar-refractivity contribution in [2.75, 3.05) is 43.4 Å². The molecule has 0 radical (unpaired) electrons. The summed E-state index contributed by atoms with van der Waals surface area (Å²) in [6, 6.07) is 11.6. The molecule has 0 unspecified atom stereocenters. The van der Waals surface area contributed by atoms with Gasteiger partial charge in [-0.25, -0.2) is 15.5 Å². The highest BCUT2D eigenvalue weighted by Crippen LogP contribution is 2.24. The van der Waals surface area contributed by atoms with Gasteiger partial charge in [0, 0.05) is 74.4 Å². The molecule has 2 aromatic heterocycles. The van der Waals surface area contributed by atoms with Crippen LogP contribution in [0.1, 0.15) is 29.8 Å². The lowest BCUT2D eigenvalue weighted by Crippen LogP contribution is -2.49. The fourth-order valence-electron chi connectivity index (χ4n) is 4.07. The van der Waals surface area contributed by atoms with Gasteiger partial charge in [-0.15, -0.1) is 0 Å². The molecule has 0 atom stereocenters. The summed E-state index contributed by atoms with van der Waals surface area (Å²) in [6.45, 7) is 8.17. The van der Waals surface area contributed by atoms with Gasteiger partial charge < -0.3 is 15.5 Å². The van der Waals surface area contributed by atoms with E-state index in [0.717, 1.165) is 48.3 Å². The van der Waals surface area contributed by atoms with Crippen molar-refractivity contribution in [3.05, 3.63) is 66.1 Å². The van der Waals surface area contributed by atoms with Crippen LogP contribution >= 0.6 is 0 Å². The van der Waals surface area contributed by atoms with E-state index < -0.39 is 0 Å². The van der Waals surface area contributed by atoms with Gasteiger partial charge in [0.25, 0.3) is 5.91 Å². The van der Waals surface area contributed by atoms with Crippen molar-refractivity contribution < 1.29 is 4.79 Å². The number of hydrogen-bond donors (Lipinski definition) is 3. The van der Waals surface area contributed by atoms with Gasteiger partial charge in [0.1, 0.15) is 17.3 Å². The summed E-state index contributed by atoms with van der Waals surface area (Å²) in [5.41, 5.74) is 9.26. The van der Waals surface area contributed by atoms with Gasteiger partial charge in [-0.2, -0.15) is 5.11 Å². The van der Waals surface area contributed by atoms with E-state index in [2.05, 4.69) is 49.4 Å². The predicted octanol–water partition coefficient (Wildman–Crippen LogP) is 3.96. The number of hydrogen-bond acceptors (Lipinski definition) is 8. The van der Waals surface area contributed by atoms with Crippen molar-refractivity contribution in [2.45, 2.75) is 19.9 Å². The Bertz CT molecular complexity index is 1210. The van der Waals surface area contributed by atoms with Crippen molar-refractivity contribution in [3.8, 4) is 0 Å². The maximum Gasteiger partial charge on any atom is 0.257 e. The van der Waals surface area contributed by atoms with Gasteiger partial charge in [0.05, 0.1) is 0 Å². The molecule has 9 nitrogen and oxygen atoms in total. The van der Waals surface area contributed by atoms with Crippen LogP contribution in [-0.2, 0) is 0 Å². The number of nitrogens with one attached hydrogen (secondary N) is 3.